The van der Waals surface area contributed by atoms with Crippen molar-refractivity contribution in [2.24, 2.45) is 0 Å². The number of rotatable bonds is 7. The predicted molar refractivity (Wildman–Crippen MR) is 63.4 cm³/mol. The van der Waals surface area contributed by atoms with Gasteiger partial charge in [-0.2, -0.15) is 0 Å². The highest BCUT2D eigenvalue weighted by molar-refractivity contribution is 5.83. The van der Waals surface area contributed by atoms with Gasteiger partial charge in [-0.15, -0.1) is 0 Å². The summed E-state index contributed by atoms with van der Waals surface area (Å²) in [6.07, 6.45) is 2.62. The van der Waals surface area contributed by atoms with Crippen LogP contribution in [0.1, 0.15) is 37.0 Å². The lowest BCUT2D eigenvalue weighted by molar-refractivity contribution is 0.111. The molecular formula is C13H18O3. The van der Waals surface area contributed by atoms with E-state index in [1.807, 2.05) is 19.9 Å². The molecule has 0 atom stereocenters. The molecule has 0 saturated heterocycles. The quantitative estimate of drug-likeness (QED) is 0.665. The molecule has 16 heavy (non-hydrogen) atoms. The molecule has 3 nitrogen and oxygen atoms in total. The summed E-state index contributed by atoms with van der Waals surface area (Å²) in [4.78, 5) is 11.0. The van der Waals surface area contributed by atoms with Crippen LogP contribution in [0.5, 0.6) is 11.5 Å². The summed E-state index contributed by atoms with van der Waals surface area (Å²) in [5.74, 6) is 1.20. The number of benzene rings is 1. The first kappa shape index (κ1) is 12.6. The molecule has 0 unspecified atom stereocenters. The lowest BCUT2D eigenvalue weighted by Gasteiger charge is -2.11. The Labute approximate surface area is 96.4 Å². The van der Waals surface area contributed by atoms with Gasteiger partial charge in [0.15, 0.2) is 6.29 Å². The second-order valence-electron chi connectivity index (χ2n) is 3.48. The number of carbonyl (C=O) groups is 1. The average molecular weight is 222 g/mol. The van der Waals surface area contributed by atoms with E-state index in [-0.39, 0.29) is 0 Å². The molecule has 0 bridgehead atoms. The van der Waals surface area contributed by atoms with E-state index in [9.17, 15) is 4.79 Å². The fourth-order valence-electron chi connectivity index (χ4n) is 1.32. The molecule has 0 fully saturated rings. The molecule has 0 N–H and O–H groups in total. The Kier molecular flexibility index (Phi) is 5.40. The maximum absolute atomic E-state index is 11.0. The predicted octanol–water partition coefficient (Wildman–Crippen LogP) is 3.08. The van der Waals surface area contributed by atoms with Crippen LogP contribution in [-0.4, -0.2) is 19.5 Å². The van der Waals surface area contributed by atoms with Gasteiger partial charge < -0.3 is 9.47 Å². The molecule has 0 aromatic heterocycles. The highest BCUT2D eigenvalue weighted by Gasteiger charge is 2.09. The van der Waals surface area contributed by atoms with Gasteiger partial charge in [0, 0.05) is 0 Å². The van der Waals surface area contributed by atoms with Gasteiger partial charge in [-0.05, 0) is 25.0 Å². The van der Waals surface area contributed by atoms with Crippen LogP contribution in [0.3, 0.4) is 0 Å². The van der Waals surface area contributed by atoms with E-state index in [1.54, 1.807) is 12.1 Å². The minimum absolute atomic E-state index is 0.504. The maximum Gasteiger partial charge on any atom is 0.157 e. The summed E-state index contributed by atoms with van der Waals surface area (Å²) < 4.78 is 11.0. The minimum atomic E-state index is 0.504. The van der Waals surface area contributed by atoms with Gasteiger partial charge in [-0.1, -0.05) is 19.9 Å². The Balaban J connectivity index is 2.86. The fourth-order valence-corrected chi connectivity index (χ4v) is 1.32. The molecule has 0 amide bonds. The zero-order valence-electron chi connectivity index (χ0n) is 9.86. The monoisotopic (exact) mass is 222 g/mol. The lowest BCUT2D eigenvalue weighted by atomic mass is 10.2. The van der Waals surface area contributed by atoms with E-state index >= 15 is 0 Å². The van der Waals surface area contributed by atoms with Crippen LogP contribution in [0, 0.1) is 0 Å². The van der Waals surface area contributed by atoms with E-state index < -0.39 is 0 Å². The van der Waals surface area contributed by atoms with Crippen molar-refractivity contribution in [2.45, 2.75) is 26.7 Å². The third-order valence-corrected chi connectivity index (χ3v) is 2.07. The Morgan fingerprint density at radius 1 is 1.06 bits per heavy atom. The van der Waals surface area contributed by atoms with Gasteiger partial charge in [0.05, 0.1) is 18.8 Å². The normalized spacial score (nSPS) is 9.88. The summed E-state index contributed by atoms with van der Waals surface area (Å²) in [5, 5.41) is 0. The molecule has 0 radical (unpaired) electrons. The summed E-state index contributed by atoms with van der Waals surface area (Å²) in [6.45, 7) is 5.27. The Hall–Kier alpha value is -1.51. The Bertz CT molecular complexity index is 308. The van der Waals surface area contributed by atoms with Crippen LogP contribution >= 0.6 is 0 Å². The van der Waals surface area contributed by atoms with Crippen molar-refractivity contribution in [3.8, 4) is 11.5 Å². The van der Waals surface area contributed by atoms with Gasteiger partial charge in [0.25, 0.3) is 0 Å². The van der Waals surface area contributed by atoms with Crippen molar-refractivity contribution < 1.29 is 14.3 Å². The third-order valence-electron chi connectivity index (χ3n) is 2.07. The molecular weight excluding hydrogens is 204 g/mol. The van der Waals surface area contributed by atoms with E-state index in [4.69, 9.17) is 9.47 Å². The molecule has 0 aliphatic carbocycles. The standard InChI is InChI=1S/C13H18O3/c1-3-8-15-12-6-5-7-13(11(12)10-14)16-9-4-2/h5-7,10H,3-4,8-9H2,1-2H3. The zero-order valence-corrected chi connectivity index (χ0v) is 9.86. The number of carbonyl (C=O) groups excluding carboxylic acids is 1. The Morgan fingerprint density at radius 3 is 1.94 bits per heavy atom. The van der Waals surface area contributed by atoms with E-state index in [2.05, 4.69) is 0 Å². The largest absolute Gasteiger partial charge is 0.493 e. The van der Waals surface area contributed by atoms with E-state index in [0.717, 1.165) is 19.1 Å². The molecule has 1 aromatic rings. The molecule has 1 aromatic carbocycles. The highest BCUT2D eigenvalue weighted by atomic mass is 16.5. The van der Waals surface area contributed by atoms with Gasteiger partial charge in [-0.25, -0.2) is 0 Å². The summed E-state index contributed by atoms with van der Waals surface area (Å²) in [5.41, 5.74) is 0.504. The molecule has 1 rings (SSSR count). The number of ether oxygens (including phenoxy) is 2. The SMILES string of the molecule is CCCOc1cccc(OCCC)c1C=O. The smallest absolute Gasteiger partial charge is 0.157 e. The lowest BCUT2D eigenvalue weighted by Crippen LogP contribution is -2.02. The van der Waals surface area contributed by atoms with E-state index in [1.165, 1.54) is 0 Å². The fraction of sp³-hybridized carbons (Fsp3) is 0.462. The molecule has 0 heterocycles. The van der Waals surface area contributed by atoms with Crippen LogP contribution < -0.4 is 9.47 Å². The average Bonchev–Trinajstić information content (AvgIpc) is 2.33. The third kappa shape index (κ3) is 3.26. The van der Waals surface area contributed by atoms with Crippen molar-refractivity contribution in [3.05, 3.63) is 23.8 Å². The first-order valence-electron chi connectivity index (χ1n) is 5.67. The molecule has 0 aliphatic heterocycles. The van der Waals surface area contributed by atoms with Crippen LogP contribution in [-0.2, 0) is 0 Å². The molecule has 3 heteroatoms. The maximum atomic E-state index is 11.0. The van der Waals surface area contributed by atoms with Crippen LogP contribution in [0.2, 0.25) is 0 Å². The molecule has 0 saturated carbocycles. The van der Waals surface area contributed by atoms with E-state index in [0.29, 0.717) is 30.3 Å². The van der Waals surface area contributed by atoms with Crippen molar-refractivity contribution in [1.29, 1.82) is 0 Å². The summed E-state index contributed by atoms with van der Waals surface area (Å²) >= 11 is 0. The van der Waals surface area contributed by atoms with Gasteiger partial charge in [0.1, 0.15) is 11.5 Å². The van der Waals surface area contributed by atoms with Crippen molar-refractivity contribution in [3.63, 3.8) is 0 Å². The number of hydrogen-bond acceptors (Lipinski definition) is 3. The first-order valence-corrected chi connectivity index (χ1v) is 5.67. The second kappa shape index (κ2) is 6.88. The van der Waals surface area contributed by atoms with Crippen LogP contribution in [0.25, 0.3) is 0 Å². The number of aldehydes is 1. The van der Waals surface area contributed by atoms with Crippen molar-refractivity contribution in [2.75, 3.05) is 13.2 Å². The van der Waals surface area contributed by atoms with Gasteiger partial charge in [-0.3, -0.25) is 4.79 Å². The topological polar surface area (TPSA) is 35.5 Å². The second-order valence-corrected chi connectivity index (χ2v) is 3.48. The van der Waals surface area contributed by atoms with Gasteiger partial charge in [0.2, 0.25) is 0 Å². The molecule has 0 aliphatic rings. The highest BCUT2D eigenvalue weighted by Crippen LogP contribution is 2.26. The van der Waals surface area contributed by atoms with Gasteiger partial charge >= 0.3 is 0 Å². The first-order chi connectivity index (χ1) is 7.83. The summed E-state index contributed by atoms with van der Waals surface area (Å²) in [6, 6.07) is 5.42. The van der Waals surface area contributed by atoms with Crippen molar-refractivity contribution >= 4 is 6.29 Å². The van der Waals surface area contributed by atoms with Crippen LogP contribution in [0.4, 0.5) is 0 Å². The Morgan fingerprint density at radius 2 is 1.56 bits per heavy atom. The zero-order chi connectivity index (χ0) is 11.8. The molecule has 0 spiro atoms. The summed E-state index contributed by atoms with van der Waals surface area (Å²) in [7, 11) is 0. The number of hydrogen-bond donors (Lipinski definition) is 0. The minimum Gasteiger partial charge on any atom is -0.493 e. The van der Waals surface area contributed by atoms with Crippen molar-refractivity contribution in [1.82, 2.24) is 0 Å². The van der Waals surface area contributed by atoms with Crippen LogP contribution in [0.15, 0.2) is 18.2 Å². The molecule has 88 valence electrons.